The SMILES string of the molecule is O=C(CCc1nc2ccccc2s1)OCc1ccn(-c2ccccc2)n1. The summed E-state index contributed by atoms with van der Waals surface area (Å²) in [6, 6.07) is 19.7. The molecule has 0 atom stereocenters. The zero-order valence-electron chi connectivity index (χ0n) is 14.0. The van der Waals surface area contributed by atoms with Gasteiger partial charge in [0.05, 0.1) is 27.3 Å². The summed E-state index contributed by atoms with van der Waals surface area (Å²) in [5.74, 6) is -0.237. The maximum atomic E-state index is 12.0. The molecule has 0 aliphatic carbocycles. The third-order valence-corrected chi connectivity index (χ3v) is 5.02. The van der Waals surface area contributed by atoms with Crippen LogP contribution >= 0.6 is 11.3 Å². The first-order valence-electron chi connectivity index (χ1n) is 8.38. The summed E-state index contributed by atoms with van der Waals surface area (Å²) < 4.78 is 8.24. The number of nitrogens with zero attached hydrogens (tertiary/aromatic N) is 3. The molecule has 0 bridgehead atoms. The first-order valence-corrected chi connectivity index (χ1v) is 9.19. The van der Waals surface area contributed by atoms with Crippen molar-refractivity contribution in [3.63, 3.8) is 0 Å². The predicted octanol–water partition coefficient (Wildman–Crippen LogP) is 4.16. The van der Waals surface area contributed by atoms with Gasteiger partial charge in [0, 0.05) is 12.6 Å². The Bertz CT molecular complexity index is 991. The molecular weight excluding hydrogens is 346 g/mol. The Kier molecular flexibility index (Phi) is 4.75. The van der Waals surface area contributed by atoms with Crippen molar-refractivity contribution < 1.29 is 9.53 Å². The van der Waals surface area contributed by atoms with Crippen LogP contribution in [0.15, 0.2) is 66.9 Å². The lowest BCUT2D eigenvalue weighted by molar-refractivity contribution is -0.145. The van der Waals surface area contributed by atoms with Gasteiger partial charge in [-0.05, 0) is 30.3 Å². The number of rotatable bonds is 6. The number of fused-ring (bicyclic) bond motifs is 1. The number of benzene rings is 2. The quantitative estimate of drug-likeness (QED) is 0.483. The van der Waals surface area contributed by atoms with E-state index in [1.54, 1.807) is 16.0 Å². The molecule has 0 spiro atoms. The number of thiazole rings is 1. The van der Waals surface area contributed by atoms with Crippen LogP contribution in [0.4, 0.5) is 0 Å². The standard InChI is InChI=1S/C20H17N3O2S/c24-20(11-10-19-21-17-8-4-5-9-18(17)26-19)25-14-15-12-13-23(22-15)16-6-2-1-3-7-16/h1-9,12-13H,10-11,14H2. The van der Waals surface area contributed by atoms with Gasteiger partial charge >= 0.3 is 5.97 Å². The van der Waals surface area contributed by atoms with E-state index in [-0.39, 0.29) is 12.6 Å². The van der Waals surface area contributed by atoms with Gasteiger partial charge in [-0.25, -0.2) is 9.67 Å². The molecule has 4 aromatic rings. The van der Waals surface area contributed by atoms with E-state index in [4.69, 9.17) is 4.74 Å². The molecule has 0 fully saturated rings. The van der Waals surface area contributed by atoms with Gasteiger partial charge in [-0.3, -0.25) is 4.79 Å². The summed E-state index contributed by atoms with van der Waals surface area (Å²) >= 11 is 1.62. The number of hydrogen-bond acceptors (Lipinski definition) is 5. The van der Waals surface area contributed by atoms with Crippen LogP contribution in [0.1, 0.15) is 17.1 Å². The maximum absolute atomic E-state index is 12.0. The van der Waals surface area contributed by atoms with E-state index in [2.05, 4.69) is 10.1 Å². The normalized spacial score (nSPS) is 10.9. The van der Waals surface area contributed by atoms with Crippen molar-refractivity contribution in [2.24, 2.45) is 0 Å². The van der Waals surface area contributed by atoms with Gasteiger partial charge in [0.25, 0.3) is 0 Å². The fourth-order valence-electron chi connectivity index (χ4n) is 2.63. The van der Waals surface area contributed by atoms with Crippen LogP contribution in [0.5, 0.6) is 0 Å². The number of para-hydroxylation sites is 2. The van der Waals surface area contributed by atoms with E-state index in [1.807, 2.05) is 66.9 Å². The summed E-state index contributed by atoms with van der Waals surface area (Å²) in [7, 11) is 0. The number of carbonyl (C=O) groups is 1. The molecule has 2 heterocycles. The third kappa shape index (κ3) is 3.81. The molecule has 0 aliphatic heterocycles. The van der Waals surface area contributed by atoms with Crippen molar-refractivity contribution in [2.75, 3.05) is 0 Å². The second-order valence-electron chi connectivity index (χ2n) is 5.82. The smallest absolute Gasteiger partial charge is 0.306 e. The minimum Gasteiger partial charge on any atom is -0.459 e. The molecule has 2 aromatic carbocycles. The number of carbonyl (C=O) groups excluding carboxylic acids is 1. The van der Waals surface area contributed by atoms with Crippen LogP contribution in [0.25, 0.3) is 15.9 Å². The summed E-state index contributed by atoms with van der Waals surface area (Å²) in [5.41, 5.74) is 2.68. The van der Waals surface area contributed by atoms with Gasteiger partial charge in [-0.2, -0.15) is 5.10 Å². The molecule has 0 unspecified atom stereocenters. The second kappa shape index (κ2) is 7.49. The van der Waals surface area contributed by atoms with Gasteiger partial charge in [0.15, 0.2) is 0 Å². The molecule has 0 N–H and O–H groups in total. The van der Waals surface area contributed by atoms with Gasteiger partial charge in [-0.15, -0.1) is 11.3 Å². The zero-order chi connectivity index (χ0) is 17.8. The molecule has 4 rings (SSSR count). The number of ether oxygens (including phenoxy) is 1. The van der Waals surface area contributed by atoms with E-state index in [9.17, 15) is 4.79 Å². The summed E-state index contributed by atoms with van der Waals surface area (Å²) in [5, 5.41) is 5.38. The van der Waals surface area contributed by atoms with E-state index in [0.29, 0.717) is 12.8 Å². The third-order valence-electron chi connectivity index (χ3n) is 3.93. The van der Waals surface area contributed by atoms with Crippen molar-refractivity contribution in [3.8, 4) is 5.69 Å². The Morgan fingerprint density at radius 1 is 1.04 bits per heavy atom. The average molecular weight is 363 g/mol. The highest BCUT2D eigenvalue weighted by Crippen LogP contribution is 2.22. The lowest BCUT2D eigenvalue weighted by Gasteiger charge is -2.02. The molecule has 0 saturated heterocycles. The minimum absolute atomic E-state index is 0.179. The topological polar surface area (TPSA) is 57.0 Å². The Labute approximate surface area is 154 Å². The monoisotopic (exact) mass is 363 g/mol. The van der Waals surface area contributed by atoms with Crippen LogP contribution in [0.3, 0.4) is 0 Å². The first-order chi connectivity index (χ1) is 12.8. The number of aromatic nitrogens is 3. The highest BCUT2D eigenvalue weighted by molar-refractivity contribution is 7.18. The van der Waals surface area contributed by atoms with Crippen LogP contribution in [0.2, 0.25) is 0 Å². The van der Waals surface area contributed by atoms with Gasteiger partial charge < -0.3 is 4.74 Å². The molecule has 0 amide bonds. The lowest BCUT2D eigenvalue weighted by atomic mass is 10.3. The number of hydrogen-bond donors (Lipinski definition) is 0. The van der Waals surface area contributed by atoms with E-state index < -0.39 is 0 Å². The van der Waals surface area contributed by atoms with E-state index >= 15 is 0 Å². The Morgan fingerprint density at radius 3 is 2.69 bits per heavy atom. The number of aryl methyl sites for hydroxylation is 1. The van der Waals surface area contributed by atoms with Crippen molar-refractivity contribution in [2.45, 2.75) is 19.4 Å². The van der Waals surface area contributed by atoms with Crippen LogP contribution in [0, 0.1) is 0 Å². The molecule has 0 radical (unpaired) electrons. The van der Waals surface area contributed by atoms with Gasteiger partial charge in [0.1, 0.15) is 12.3 Å². The highest BCUT2D eigenvalue weighted by Gasteiger charge is 2.09. The molecular formula is C20H17N3O2S. The fourth-order valence-corrected chi connectivity index (χ4v) is 3.59. The zero-order valence-corrected chi connectivity index (χ0v) is 14.9. The Hall–Kier alpha value is -2.99. The van der Waals surface area contributed by atoms with Crippen LogP contribution < -0.4 is 0 Å². The van der Waals surface area contributed by atoms with Crippen molar-refractivity contribution in [3.05, 3.63) is 77.6 Å². The predicted molar refractivity (Wildman–Crippen MR) is 101 cm³/mol. The van der Waals surface area contributed by atoms with E-state index in [1.165, 1.54) is 0 Å². The number of esters is 1. The molecule has 0 aliphatic rings. The van der Waals surface area contributed by atoms with E-state index in [0.717, 1.165) is 26.6 Å². The molecule has 26 heavy (non-hydrogen) atoms. The second-order valence-corrected chi connectivity index (χ2v) is 6.94. The summed E-state index contributed by atoms with van der Waals surface area (Å²) in [6.07, 6.45) is 2.77. The Balaban J connectivity index is 1.29. The molecule has 5 nitrogen and oxygen atoms in total. The fraction of sp³-hybridized carbons (Fsp3) is 0.150. The highest BCUT2D eigenvalue weighted by atomic mass is 32.1. The first kappa shape index (κ1) is 16.5. The van der Waals surface area contributed by atoms with Crippen LogP contribution in [-0.4, -0.2) is 20.7 Å². The molecule has 0 saturated carbocycles. The molecule has 2 aromatic heterocycles. The molecule has 6 heteroatoms. The maximum Gasteiger partial charge on any atom is 0.306 e. The van der Waals surface area contributed by atoms with Crippen molar-refractivity contribution >= 4 is 27.5 Å². The van der Waals surface area contributed by atoms with Gasteiger partial charge in [-0.1, -0.05) is 30.3 Å². The summed E-state index contributed by atoms with van der Waals surface area (Å²) in [6.45, 7) is 0.179. The van der Waals surface area contributed by atoms with Crippen LogP contribution in [-0.2, 0) is 22.6 Å². The average Bonchev–Trinajstić information content (AvgIpc) is 3.32. The molecule has 130 valence electrons. The lowest BCUT2D eigenvalue weighted by Crippen LogP contribution is -2.06. The Morgan fingerprint density at radius 2 is 1.85 bits per heavy atom. The minimum atomic E-state index is -0.237. The van der Waals surface area contributed by atoms with Crippen molar-refractivity contribution in [1.82, 2.24) is 14.8 Å². The summed E-state index contributed by atoms with van der Waals surface area (Å²) in [4.78, 5) is 16.5. The van der Waals surface area contributed by atoms with Crippen molar-refractivity contribution in [1.29, 1.82) is 0 Å². The van der Waals surface area contributed by atoms with Gasteiger partial charge in [0.2, 0.25) is 0 Å². The largest absolute Gasteiger partial charge is 0.459 e.